The van der Waals surface area contributed by atoms with Crippen molar-refractivity contribution in [3.63, 3.8) is 0 Å². The van der Waals surface area contributed by atoms with Gasteiger partial charge in [-0.2, -0.15) is 0 Å². The first-order valence-corrected chi connectivity index (χ1v) is 20.4. The van der Waals surface area contributed by atoms with Crippen LogP contribution in [-0.2, 0) is 6.54 Å². The maximum atomic E-state index is 2.46. The molecule has 0 aliphatic carbocycles. The largest absolute Gasteiger partial charge is 0.337 e. The molecule has 0 atom stereocenters. The van der Waals surface area contributed by atoms with E-state index in [0.717, 1.165) is 17.1 Å². The molecule has 0 N–H and O–H groups in total. The summed E-state index contributed by atoms with van der Waals surface area (Å²) in [5.74, 6) is 0. The zero-order valence-electron chi connectivity index (χ0n) is 32.5. The fourth-order valence-corrected chi connectivity index (χ4v) is 9.06. The molecule has 0 bridgehead atoms. The lowest BCUT2D eigenvalue weighted by Crippen LogP contribution is -2.17. The van der Waals surface area contributed by atoms with Gasteiger partial charge in [0.2, 0.25) is 0 Å². The van der Waals surface area contributed by atoms with Crippen LogP contribution in [0.2, 0.25) is 0 Å². The molecule has 2 nitrogen and oxygen atoms in total. The van der Waals surface area contributed by atoms with Crippen molar-refractivity contribution >= 4 is 54.7 Å². The fourth-order valence-electron chi connectivity index (χ4n) is 9.06. The average molecular weight is 753 g/mol. The lowest BCUT2D eigenvalue weighted by molar-refractivity contribution is 0.979. The van der Waals surface area contributed by atoms with E-state index in [-0.39, 0.29) is 0 Å². The molecule has 278 valence electrons. The molecule has 59 heavy (non-hydrogen) atoms. The van der Waals surface area contributed by atoms with E-state index in [4.69, 9.17) is 0 Å². The summed E-state index contributed by atoms with van der Waals surface area (Å²) in [5.41, 5.74) is 14.4. The predicted molar refractivity (Wildman–Crippen MR) is 251 cm³/mol. The molecule has 11 rings (SSSR count). The maximum Gasteiger partial charge on any atom is 0.0547 e. The molecule has 1 aromatic heterocycles. The molecule has 0 saturated carbocycles. The third kappa shape index (κ3) is 6.23. The first-order valence-electron chi connectivity index (χ1n) is 20.4. The molecular weight excluding hydrogens is 713 g/mol. The van der Waals surface area contributed by atoms with Crippen LogP contribution in [0.1, 0.15) is 5.56 Å². The van der Waals surface area contributed by atoms with Gasteiger partial charge in [0.1, 0.15) is 0 Å². The lowest BCUT2D eigenvalue weighted by atomic mass is 9.94. The number of rotatable bonds is 8. The summed E-state index contributed by atoms with van der Waals surface area (Å²) in [4.78, 5) is 2.46. The van der Waals surface area contributed by atoms with Crippen molar-refractivity contribution in [2.75, 3.05) is 4.90 Å². The quantitative estimate of drug-likeness (QED) is 0.150. The second-order valence-corrected chi connectivity index (χ2v) is 15.3. The lowest BCUT2D eigenvalue weighted by Gasteiger charge is -2.27. The average Bonchev–Trinajstić information content (AvgIpc) is 3.66. The minimum absolute atomic E-state index is 0.715. The Labute approximate surface area is 344 Å². The minimum atomic E-state index is 0.715. The van der Waals surface area contributed by atoms with Gasteiger partial charge in [0.15, 0.2) is 0 Å². The monoisotopic (exact) mass is 752 g/mol. The zero-order valence-corrected chi connectivity index (χ0v) is 32.5. The molecule has 0 aliphatic rings. The Hall–Kier alpha value is -7.68. The van der Waals surface area contributed by atoms with Crippen molar-refractivity contribution < 1.29 is 0 Å². The van der Waals surface area contributed by atoms with Gasteiger partial charge in [0, 0.05) is 34.4 Å². The van der Waals surface area contributed by atoms with Gasteiger partial charge in [-0.05, 0) is 109 Å². The predicted octanol–water partition coefficient (Wildman–Crippen LogP) is 15.4. The Kier molecular flexibility index (Phi) is 8.60. The van der Waals surface area contributed by atoms with Gasteiger partial charge in [-0.25, -0.2) is 0 Å². The second-order valence-electron chi connectivity index (χ2n) is 15.3. The number of nitrogens with zero attached hydrogens (tertiary/aromatic N) is 2. The third-order valence-electron chi connectivity index (χ3n) is 11.8. The number of fused-ring (bicyclic) bond motifs is 6. The van der Waals surface area contributed by atoms with Crippen LogP contribution in [0.25, 0.3) is 82.4 Å². The van der Waals surface area contributed by atoms with Crippen LogP contribution < -0.4 is 4.90 Å². The van der Waals surface area contributed by atoms with Gasteiger partial charge in [-0.1, -0.05) is 182 Å². The Morgan fingerprint density at radius 2 is 0.932 bits per heavy atom. The van der Waals surface area contributed by atoms with Crippen LogP contribution in [0.4, 0.5) is 11.4 Å². The van der Waals surface area contributed by atoms with Crippen LogP contribution in [0, 0.1) is 0 Å². The van der Waals surface area contributed by atoms with Crippen LogP contribution in [-0.4, -0.2) is 4.57 Å². The molecule has 0 saturated heterocycles. The molecule has 1 heterocycles. The highest BCUT2D eigenvalue weighted by molar-refractivity contribution is 6.24. The summed E-state index contributed by atoms with van der Waals surface area (Å²) in [6, 6.07) is 83.9. The Morgan fingerprint density at radius 3 is 1.78 bits per heavy atom. The van der Waals surface area contributed by atoms with E-state index in [2.05, 4.69) is 240 Å². The van der Waals surface area contributed by atoms with E-state index in [1.807, 2.05) is 0 Å². The number of para-hydroxylation sites is 1. The molecule has 0 aliphatic heterocycles. The summed E-state index contributed by atoms with van der Waals surface area (Å²) in [7, 11) is 0. The van der Waals surface area contributed by atoms with Crippen molar-refractivity contribution in [3.8, 4) is 39.1 Å². The summed E-state index contributed by atoms with van der Waals surface area (Å²) in [6.07, 6.45) is 0. The van der Waals surface area contributed by atoms with Gasteiger partial charge in [0.05, 0.1) is 11.0 Å². The van der Waals surface area contributed by atoms with E-state index in [1.165, 1.54) is 82.3 Å². The second kappa shape index (κ2) is 14.7. The molecule has 10 aromatic carbocycles. The van der Waals surface area contributed by atoms with Crippen molar-refractivity contribution in [1.29, 1.82) is 0 Å². The first-order chi connectivity index (χ1) is 29.3. The molecular formula is C57H40N2. The van der Waals surface area contributed by atoms with Gasteiger partial charge in [0.25, 0.3) is 0 Å². The number of benzene rings is 10. The summed E-state index contributed by atoms with van der Waals surface area (Å²) in [6.45, 7) is 0.715. The van der Waals surface area contributed by atoms with E-state index in [0.29, 0.717) is 6.54 Å². The van der Waals surface area contributed by atoms with Crippen LogP contribution in [0.15, 0.2) is 231 Å². The molecule has 0 unspecified atom stereocenters. The Balaban J connectivity index is 1.05. The smallest absolute Gasteiger partial charge is 0.0547 e. The van der Waals surface area contributed by atoms with Crippen LogP contribution >= 0.6 is 0 Å². The molecule has 0 radical (unpaired) electrons. The van der Waals surface area contributed by atoms with Crippen LogP contribution in [0.3, 0.4) is 0 Å². The first kappa shape index (κ1) is 34.6. The van der Waals surface area contributed by atoms with Gasteiger partial charge >= 0.3 is 0 Å². The SMILES string of the molecule is c1ccc(-c2ccccc2CN(c2cccc(-c3cccc(-n4c5ccccc5c5c6c(-c7ccccc7)cccc6ccc54)c3)c2)c2ccc3ccccc3c2)cc1. The number of hydrogen-bond acceptors (Lipinski definition) is 1. The topological polar surface area (TPSA) is 8.17 Å². The molecule has 2 heteroatoms. The van der Waals surface area contributed by atoms with E-state index < -0.39 is 0 Å². The molecule has 0 fully saturated rings. The van der Waals surface area contributed by atoms with E-state index in [9.17, 15) is 0 Å². The van der Waals surface area contributed by atoms with E-state index in [1.54, 1.807) is 0 Å². The minimum Gasteiger partial charge on any atom is -0.337 e. The molecule has 0 spiro atoms. The number of anilines is 2. The van der Waals surface area contributed by atoms with Gasteiger partial charge < -0.3 is 9.47 Å². The van der Waals surface area contributed by atoms with Crippen molar-refractivity contribution in [1.82, 2.24) is 4.57 Å². The highest BCUT2D eigenvalue weighted by atomic mass is 15.1. The van der Waals surface area contributed by atoms with Gasteiger partial charge in [-0.3, -0.25) is 0 Å². The van der Waals surface area contributed by atoms with Crippen molar-refractivity contribution in [3.05, 3.63) is 236 Å². The third-order valence-corrected chi connectivity index (χ3v) is 11.8. The Morgan fingerprint density at radius 1 is 0.339 bits per heavy atom. The number of hydrogen-bond donors (Lipinski definition) is 0. The molecule has 0 amide bonds. The highest BCUT2D eigenvalue weighted by Gasteiger charge is 2.19. The summed E-state index contributed by atoms with van der Waals surface area (Å²) < 4.78 is 2.45. The number of aromatic nitrogens is 1. The van der Waals surface area contributed by atoms with Crippen molar-refractivity contribution in [2.24, 2.45) is 0 Å². The standard InChI is InChI=1S/C57H40N2/c1-3-17-41(18-4-1)51-28-10-9-22-47(51)39-58(49-34-32-40-16-7-8-21-44(40)36-49)48-26-13-24-45(37-48)46-25-14-27-50(38-46)59-54-31-12-11-29-53(54)57-55(59)35-33-43-23-15-30-52(56(43)57)42-19-5-2-6-20-42/h1-38H,39H2. The molecule has 11 aromatic rings. The van der Waals surface area contributed by atoms with E-state index >= 15 is 0 Å². The van der Waals surface area contributed by atoms with Gasteiger partial charge in [-0.15, -0.1) is 0 Å². The Bertz CT molecular complexity index is 3310. The van der Waals surface area contributed by atoms with Crippen molar-refractivity contribution in [2.45, 2.75) is 6.54 Å². The fraction of sp³-hybridized carbons (Fsp3) is 0.0175. The highest BCUT2D eigenvalue weighted by Crippen LogP contribution is 2.42. The normalized spacial score (nSPS) is 11.5. The summed E-state index contributed by atoms with van der Waals surface area (Å²) in [5, 5.41) is 7.54. The zero-order chi connectivity index (χ0) is 39.1. The van der Waals surface area contributed by atoms with Crippen LogP contribution in [0.5, 0.6) is 0 Å². The summed E-state index contributed by atoms with van der Waals surface area (Å²) >= 11 is 0. The maximum absolute atomic E-state index is 2.46.